The first-order chi connectivity index (χ1) is 19.2. The zero-order chi connectivity index (χ0) is 30.5. The van der Waals surface area contributed by atoms with Crippen LogP contribution >= 0.6 is 0 Å². The van der Waals surface area contributed by atoms with Gasteiger partial charge in [-0.2, -0.15) is 0 Å². The molecule has 212 valence electrons. The van der Waals surface area contributed by atoms with Gasteiger partial charge >= 0.3 is 23.9 Å². The maximum atomic E-state index is 13.3. The minimum atomic E-state index is -2.96. The molecule has 0 unspecified atom stereocenters. The van der Waals surface area contributed by atoms with Crippen LogP contribution in [0, 0.1) is 0 Å². The monoisotopic (exact) mass is 558 g/mol. The van der Waals surface area contributed by atoms with Gasteiger partial charge in [0.1, 0.15) is 17.2 Å². The van der Waals surface area contributed by atoms with E-state index >= 15 is 0 Å². The van der Waals surface area contributed by atoms with Gasteiger partial charge in [-0.25, -0.2) is 14.4 Å². The van der Waals surface area contributed by atoms with Crippen molar-refractivity contribution in [1.82, 2.24) is 0 Å². The summed E-state index contributed by atoms with van der Waals surface area (Å²) in [4.78, 5) is 39.9. The Bertz CT molecular complexity index is 1320. The lowest BCUT2D eigenvalue weighted by Crippen LogP contribution is -2.61. The van der Waals surface area contributed by atoms with Crippen LogP contribution in [0.2, 0.25) is 0 Å². The number of rotatable bonds is 10. The average molecular weight is 559 g/mol. The predicted octanol–water partition coefficient (Wildman–Crippen LogP) is 5.15. The van der Waals surface area contributed by atoms with E-state index in [1.807, 2.05) is 0 Å². The van der Waals surface area contributed by atoms with Gasteiger partial charge in [0.25, 0.3) is 0 Å². The smallest absolute Gasteiger partial charge is 0.443 e. The third-order valence-electron chi connectivity index (χ3n) is 6.09. The average Bonchev–Trinajstić information content (AvgIpc) is 2.91. The maximum Gasteiger partial charge on any atom is 0.443 e. The molecule has 0 fully saturated rings. The normalized spacial score (nSPS) is 11.2. The summed E-state index contributed by atoms with van der Waals surface area (Å²) < 4.78 is 17.6. The zero-order valence-corrected chi connectivity index (χ0v) is 22.8. The molecule has 0 saturated carbocycles. The van der Waals surface area contributed by atoms with Crippen molar-refractivity contribution >= 4 is 17.9 Å². The molecular weight excluding hydrogens is 528 g/mol. The van der Waals surface area contributed by atoms with Gasteiger partial charge in [-0.05, 0) is 73.9 Å². The molecule has 0 spiro atoms. The fraction of sp³-hybridized carbons (Fsp3) is 0.156. The van der Waals surface area contributed by atoms with Crippen LogP contribution in [0.5, 0.6) is 17.2 Å². The summed E-state index contributed by atoms with van der Waals surface area (Å²) in [7, 11) is 0. The number of esters is 3. The van der Waals surface area contributed by atoms with Crippen molar-refractivity contribution in [3.05, 3.63) is 126 Å². The van der Waals surface area contributed by atoms with Crippen LogP contribution in [0.3, 0.4) is 0 Å². The summed E-state index contributed by atoms with van der Waals surface area (Å²) in [6.07, 6.45) is 0. The van der Waals surface area contributed by atoms with Crippen molar-refractivity contribution in [3.8, 4) is 17.2 Å². The Morgan fingerprint density at radius 3 is 0.927 bits per heavy atom. The Labute approximate surface area is 237 Å². The van der Waals surface area contributed by atoms with Gasteiger partial charge in [-0.1, -0.05) is 56.1 Å². The molecule has 0 amide bonds. The van der Waals surface area contributed by atoms with Crippen LogP contribution < -0.4 is 0 Å². The maximum absolute atomic E-state index is 13.3. The minimum Gasteiger partial charge on any atom is -0.508 e. The van der Waals surface area contributed by atoms with Gasteiger partial charge in [0, 0.05) is 16.7 Å². The second-order valence-electron chi connectivity index (χ2n) is 9.46. The van der Waals surface area contributed by atoms with Crippen LogP contribution in [0.1, 0.15) is 37.5 Å². The van der Waals surface area contributed by atoms with E-state index in [1.165, 1.54) is 93.6 Å². The first-order valence-corrected chi connectivity index (χ1v) is 12.3. The van der Waals surface area contributed by atoms with E-state index < -0.39 is 29.3 Å². The molecular formula is C32H30O9. The quantitative estimate of drug-likeness (QED) is 0.133. The number of aromatic hydroxyl groups is 3. The van der Waals surface area contributed by atoms with Gasteiger partial charge in [0.15, 0.2) is 5.41 Å². The van der Waals surface area contributed by atoms with E-state index in [0.29, 0.717) is 0 Å². The highest BCUT2D eigenvalue weighted by atomic mass is 16.9. The van der Waals surface area contributed by atoms with E-state index in [4.69, 9.17) is 14.2 Å². The summed E-state index contributed by atoms with van der Waals surface area (Å²) in [6, 6.07) is 16.7. The van der Waals surface area contributed by atoms with E-state index in [0.717, 1.165) is 0 Å². The molecule has 0 aliphatic rings. The largest absolute Gasteiger partial charge is 0.508 e. The standard InChI is InChI=1S/C32H30O9/c1-19(2)28(36)39-32(40-29(37)20(3)4,41-30(38)21(5)6)31(22-7-13-25(33)14-8-22,23-9-15-26(34)16-10-23)24-11-17-27(35)18-12-24/h7-18,33-35H,1,3,5H2,2,4,6H3. The first-order valence-electron chi connectivity index (χ1n) is 12.3. The highest BCUT2D eigenvalue weighted by Crippen LogP contribution is 2.52. The van der Waals surface area contributed by atoms with Gasteiger partial charge in [-0.3, -0.25) is 0 Å². The van der Waals surface area contributed by atoms with Crippen molar-refractivity contribution in [2.24, 2.45) is 0 Å². The number of hydrogen-bond donors (Lipinski definition) is 3. The van der Waals surface area contributed by atoms with Crippen molar-refractivity contribution < 1.29 is 43.9 Å². The molecule has 0 bridgehead atoms. The lowest BCUT2D eigenvalue weighted by atomic mass is 9.67. The van der Waals surface area contributed by atoms with Gasteiger partial charge in [0.2, 0.25) is 0 Å². The Kier molecular flexibility index (Phi) is 8.72. The lowest BCUT2D eigenvalue weighted by molar-refractivity contribution is -0.345. The number of ether oxygens (including phenoxy) is 3. The molecule has 0 heterocycles. The molecule has 0 radical (unpaired) electrons. The van der Waals surface area contributed by atoms with Gasteiger partial charge < -0.3 is 29.5 Å². The van der Waals surface area contributed by atoms with Gasteiger partial charge in [-0.15, -0.1) is 0 Å². The van der Waals surface area contributed by atoms with Crippen molar-refractivity contribution in [3.63, 3.8) is 0 Å². The lowest BCUT2D eigenvalue weighted by Gasteiger charge is -2.47. The fourth-order valence-corrected chi connectivity index (χ4v) is 4.08. The Morgan fingerprint density at radius 2 is 0.732 bits per heavy atom. The number of benzene rings is 3. The molecule has 9 heteroatoms. The molecule has 3 aromatic carbocycles. The summed E-state index contributed by atoms with van der Waals surface area (Å²) >= 11 is 0. The third kappa shape index (κ3) is 5.99. The van der Waals surface area contributed by atoms with Crippen molar-refractivity contribution in [1.29, 1.82) is 0 Å². The molecule has 3 aromatic rings. The Morgan fingerprint density at radius 1 is 0.512 bits per heavy atom. The second kappa shape index (κ2) is 11.8. The molecule has 0 atom stereocenters. The zero-order valence-electron chi connectivity index (χ0n) is 22.8. The van der Waals surface area contributed by atoms with E-state index in [-0.39, 0.29) is 50.7 Å². The summed E-state index contributed by atoms with van der Waals surface area (Å²) in [5.41, 5.74) is -1.83. The Hall–Kier alpha value is -5.31. The third-order valence-corrected chi connectivity index (χ3v) is 6.09. The topological polar surface area (TPSA) is 140 Å². The molecule has 41 heavy (non-hydrogen) atoms. The van der Waals surface area contributed by atoms with Crippen LogP contribution in [0.4, 0.5) is 0 Å². The summed E-state index contributed by atoms with van der Waals surface area (Å²) in [6.45, 7) is 14.9. The number of carbonyl (C=O) groups is 3. The SMILES string of the molecule is C=C(C)C(=O)OC(OC(=O)C(=C)C)(OC(=O)C(=C)C)C(c1ccc(O)cc1)(c1ccc(O)cc1)c1ccc(O)cc1. The van der Waals surface area contributed by atoms with Crippen molar-refractivity contribution in [2.45, 2.75) is 32.2 Å². The Balaban J connectivity index is 2.67. The van der Waals surface area contributed by atoms with Crippen LogP contribution in [0.25, 0.3) is 0 Å². The molecule has 3 rings (SSSR count). The predicted molar refractivity (Wildman–Crippen MR) is 150 cm³/mol. The van der Waals surface area contributed by atoms with E-state index in [2.05, 4.69) is 19.7 Å². The van der Waals surface area contributed by atoms with E-state index in [9.17, 15) is 29.7 Å². The van der Waals surface area contributed by atoms with Crippen LogP contribution in [0.15, 0.2) is 109 Å². The molecule has 0 aliphatic heterocycles. The highest BCUT2D eigenvalue weighted by molar-refractivity contribution is 5.91. The number of hydrogen-bond acceptors (Lipinski definition) is 9. The summed E-state index contributed by atoms with van der Waals surface area (Å²) in [5, 5.41) is 30.4. The molecule has 9 nitrogen and oxygen atoms in total. The first kappa shape index (κ1) is 30.2. The van der Waals surface area contributed by atoms with Gasteiger partial charge in [0.05, 0.1) is 0 Å². The minimum absolute atomic E-state index is 0.122. The van der Waals surface area contributed by atoms with E-state index in [1.54, 1.807) is 0 Å². The van der Waals surface area contributed by atoms with Crippen molar-refractivity contribution in [2.75, 3.05) is 0 Å². The molecule has 0 saturated heterocycles. The molecule has 3 N–H and O–H groups in total. The summed E-state index contributed by atoms with van der Waals surface area (Å²) in [5.74, 6) is -6.59. The second-order valence-corrected chi connectivity index (χ2v) is 9.46. The van der Waals surface area contributed by atoms with Crippen LogP contribution in [-0.4, -0.2) is 39.2 Å². The molecule has 0 aromatic heterocycles. The van der Waals surface area contributed by atoms with Crippen LogP contribution in [-0.2, 0) is 34.0 Å². The highest BCUT2D eigenvalue weighted by Gasteiger charge is 2.65. The number of carbonyl (C=O) groups excluding carboxylic acids is 3. The number of phenolic OH excluding ortho intramolecular Hbond substituents is 3. The molecule has 0 aliphatic carbocycles. The fourth-order valence-electron chi connectivity index (χ4n) is 4.08. The number of phenols is 3.